The number of rotatable bonds is 8. The zero-order chi connectivity index (χ0) is 18.2. The van der Waals surface area contributed by atoms with Crippen LogP contribution in [-0.2, 0) is 11.2 Å². The molecule has 0 atom stereocenters. The number of nitrogens with one attached hydrogen (secondary N) is 3. The van der Waals surface area contributed by atoms with Crippen LogP contribution in [0.3, 0.4) is 0 Å². The molecule has 0 saturated carbocycles. The van der Waals surface area contributed by atoms with E-state index in [1.807, 2.05) is 48.7 Å². The number of carbonyl (C=O) groups is 1. The molecule has 0 aliphatic rings. The molecule has 8 heteroatoms. The van der Waals surface area contributed by atoms with Gasteiger partial charge in [0.2, 0.25) is 5.91 Å². The summed E-state index contributed by atoms with van der Waals surface area (Å²) in [7, 11) is 0. The van der Waals surface area contributed by atoms with E-state index in [0.29, 0.717) is 31.1 Å². The van der Waals surface area contributed by atoms with Crippen LogP contribution in [0.1, 0.15) is 10.4 Å². The van der Waals surface area contributed by atoms with Crippen LogP contribution in [0.25, 0.3) is 0 Å². The Hall–Kier alpha value is -3.00. The van der Waals surface area contributed by atoms with Crippen molar-refractivity contribution in [3.63, 3.8) is 0 Å². The monoisotopic (exact) mass is 368 g/mol. The van der Waals surface area contributed by atoms with E-state index < -0.39 is 0 Å². The van der Waals surface area contributed by atoms with Gasteiger partial charge in [-0.2, -0.15) is 0 Å². The molecule has 1 amide bonds. The van der Waals surface area contributed by atoms with Gasteiger partial charge in [0, 0.05) is 24.2 Å². The summed E-state index contributed by atoms with van der Waals surface area (Å²) in [5, 5.41) is 19.3. The van der Waals surface area contributed by atoms with Crippen LogP contribution in [0.5, 0.6) is 0 Å². The maximum atomic E-state index is 11.8. The van der Waals surface area contributed by atoms with Crippen LogP contribution < -0.4 is 16.0 Å². The van der Waals surface area contributed by atoms with E-state index in [0.717, 1.165) is 16.3 Å². The highest BCUT2D eigenvalue weighted by molar-refractivity contribution is 7.10. The van der Waals surface area contributed by atoms with Gasteiger partial charge in [-0.15, -0.1) is 21.5 Å². The molecule has 0 aliphatic carbocycles. The average molecular weight is 368 g/mol. The minimum atomic E-state index is 0.0190. The molecule has 3 aromatic heterocycles. The van der Waals surface area contributed by atoms with E-state index in [4.69, 9.17) is 0 Å². The summed E-state index contributed by atoms with van der Waals surface area (Å²) < 4.78 is 0. The molecule has 0 unspecified atom stereocenters. The van der Waals surface area contributed by atoms with Gasteiger partial charge in [-0.3, -0.25) is 4.79 Å². The largest absolute Gasteiger partial charge is 0.367 e. The molecule has 3 rings (SSSR count). The van der Waals surface area contributed by atoms with Crippen molar-refractivity contribution in [2.45, 2.75) is 13.3 Å². The lowest BCUT2D eigenvalue weighted by atomic mass is 10.3. The van der Waals surface area contributed by atoms with Gasteiger partial charge in [-0.25, -0.2) is 4.98 Å². The van der Waals surface area contributed by atoms with Gasteiger partial charge in [-0.1, -0.05) is 6.07 Å². The van der Waals surface area contributed by atoms with Crippen molar-refractivity contribution in [3.05, 3.63) is 58.4 Å². The molecular formula is C18H20N6OS. The van der Waals surface area contributed by atoms with Crippen LogP contribution in [0, 0.1) is 6.92 Å². The summed E-state index contributed by atoms with van der Waals surface area (Å²) in [5.41, 5.74) is 1.12. The van der Waals surface area contributed by atoms with Gasteiger partial charge in [0.25, 0.3) is 0 Å². The zero-order valence-corrected chi connectivity index (χ0v) is 15.2. The summed E-state index contributed by atoms with van der Waals surface area (Å²) in [6, 6.07) is 11.4. The number of thiophene rings is 1. The predicted molar refractivity (Wildman–Crippen MR) is 104 cm³/mol. The van der Waals surface area contributed by atoms with Crippen LogP contribution >= 0.6 is 11.3 Å². The summed E-state index contributed by atoms with van der Waals surface area (Å²) in [6.07, 6.45) is 2.17. The number of nitrogens with zero attached hydrogens (tertiary/aromatic N) is 3. The Bertz CT molecular complexity index is 835. The molecule has 134 valence electrons. The fraction of sp³-hybridized carbons (Fsp3) is 0.222. The van der Waals surface area contributed by atoms with Crippen LogP contribution in [0.2, 0.25) is 0 Å². The number of pyridine rings is 1. The highest BCUT2D eigenvalue weighted by atomic mass is 32.1. The van der Waals surface area contributed by atoms with Gasteiger partial charge >= 0.3 is 0 Å². The van der Waals surface area contributed by atoms with Gasteiger partial charge in [0.1, 0.15) is 11.6 Å². The number of anilines is 3. The summed E-state index contributed by atoms with van der Waals surface area (Å²) in [4.78, 5) is 17.1. The zero-order valence-electron chi connectivity index (χ0n) is 14.4. The highest BCUT2D eigenvalue weighted by Crippen LogP contribution is 2.13. The minimum Gasteiger partial charge on any atom is -0.367 e. The molecule has 0 aromatic carbocycles. The SMILES string of the molecule is Cc1ccnc(Nc2ccc(NCCNC(=O)Cc3cccs3)nn2)c1. The first-order chi connectivity index (χ1) is 12.7. The van der Waals surface area contributed by atoms with Crippen molar-refractivity contribution in [1.29, 1.82) is 0 Å². The number of aryl methyl sites for hydroxylation is 1. The summed E-state index contributed by atoms with van der Waals surface area (Å²) in [5.74, 6) is 2.03. The fourth-order valence-electron chi connectivity index (χ4n) is 2.26. The van der Waals surface area contributed by atoms with E-state index in [1.165, 1.54) is 0 Å². The first-order valence-corrected chi connectivity index (χ1v) is 9.13. The first-order valence-electron chi connectivity index (χ1n) is 8.25. The standard InChI is InChI=1S/C18H20N6OS/c1-13-6-7-19-17(11-13)22-16-5-4-15(23-24-16)20-8-9-21-18(25)12-14-3-2-10-26-14/h2-7,10-11H,8-9,12H2,1H3,(H,20,23)(H,21,25)(H,19,22,24). The molecule has 3 aromatic rings. The van der Waals surface area contributed by atoms with Crippen molar-refractivity contribution in [3.8, 4) is 0 Å². The molecule has 26 heavy (non-hydrogen) atoms. The van der Waals surface area contributed by atoms with E-state index in [1.54, 1.807) is 17.5 Å². The second kappa shape index (κ2) is 8.91. The van der Waals surface area contributed by atoms with Gasteiger partial charge in [0.15, 0.2) is 5.82 Å². The summed E-state index contributed by atoms with van der Waals surface area (Å²) >= 11 is 1.58. The van der Waals surface area contributed by atoms with Crippen molar-refractivity contribution in [1.82, 2.24) is 20.5 Å². The van der Waals surface area contributed by atoms with Crippen LogP contribution in [0.15, 0.2) is 48.0 Å². The van der Waals surface area contributed by atoms with Crippen LogP contribution in [-0.4, -0.2) is 34.2 Å². The van der Waals surface area contributed by atoms with Gasteiger partial charge in [0.05, 0.1) is 6.42 Å². The van der Waals surface area contributed by atoms with E-state index in [-0.39, 0.29) is 5.91 Å². The number of aromatic nitrogens is 3. The first kappa shape index (κ1) is 17.8. The van der Waals surface area contributed by atoms with Crippen molar-refractivity contribution in [2.24, 2.45) is 0 Å². The Balaban J connectivity index is 1.39. The van der Waals surface area contributed by atoms with E-state index >= 15 is 0 Å². The second-order valence-electron chi connectivity index (χ2n) is 5.68. The molecule has 7 nitrogen and oxygen atoms in total. The lowest BCUT2D eigenvalue weighted by Crippen LogP contribution is -2.29. The van der Waals surface area contributed by atoms with Gasteiger partial charge in [-0.05, 0) is 48.2 Å². The molecule has 0 fully saturated rings. The molecular weight excluding hydrogens is 348 g/mol. The molecule has 0 bridgehead atoms. The third-order valence-electron chi connectivity index (χ3n) is 3.50. The Labute approximate surface area is 155 Å². The molecule has 0 aliphatic heterocycles. The predicted octanol–water partition coefficient (Wildman–Crippen LogP) is 2.76. The lowest BCUT2D eigenvalue weighted by molar-refractivity contribution is -0.120. The van der Waals surface area contributed by atoms with E-state index in [9.17, 15) is 4.79 Å². The third-order valence-corrected chi connectivity index (χ3v) is 4.38. The van der Waals surface area contributed by atoms with Crippen molar-refractivity contribution in [2.75, 3.05) is 23.7 Å². The summed E-state index contributed by atoms with van der Waals surface area (Å²) in [6.45, 7) is 3.11. The third kappa shape index (κ3) is 5.52. The quantitative estimate of drug-likeness (QED) is 0.530. The molecule has 0 radical (unpaired) electrons. The number of hydrogen-bond donors (Lipinski definition) is 3. The maximum Gasteiger partial charge on any atom is 0.225 e. The molecule has 3 N–H and O–H groups in total. The Morgan fingerprint density at radius 2 is 1.92 bits per heavy atom. The Kier molecular flexibility index (Phi) is 6.10. The van der Waals surface area contributed by atoms with Gasteiger partial charge < -0.3 is 16.0 Å². The Morgan fingerprint density at radius 3 is 2.65 bits per heavy atom. The average Bonchev–Trinajstić information content (AvgIpc) is 3.13. The number of amides is 1. The highest BCUT2D eigenvalue weighted by Gasteiger charge is 2.04. The van der Waals surface area contributed by atoms with Crippen molar-refractivity contribution >= 4 is 34.7 Å². The van der Waals surface area contributed by atoms with E-state index in [2.05, 4.69) is 31.1 Å². The fourth-order valence-corrected chi connectivity index (χ4v) is 2.96. The Morgan fingerprint density at radius 1 is 1.08 bits per heavy atom. The normalized spacial score (nSPS) is 10.3. The number of hydrogen-bond acceptors (Lipinski definition) is 7. The van der Waals surface area contributed by atoms with Crippen molar-refractivity contribution < 1.29 is 4.79 Å². The molecule has 3 heterocycles. The van der Waals surface area contributed by atoms with Crippen LogP contribution in [0.4, 0.5) is 17.5 Å². The molecule has 0 spiro atoms. The minimum absolute atomic E-state index is 0.0190. The number of carbonyl (C=O) groups excluding carboxylic acids is 1. The smallest absolute Gasteiger partial charge is 0.225 e. The lowest BCUT2D eigenvalue weighted by Gasteiger charge is -2.08. The maximum absolute atomic E-state index is 11.8. The topological polar surface area (TPSA) is 91.8 Å². The molecule has 0 saturated heterocycles. The second-order valence-corrected chi connectivity index (χ2v) is 6.71.